The van der Waals surface area contributed by atoms with Gasteiger partial charge in [-0.3, -0.25) is 9.59 Å². The standard InChI is InChI=1S/C29H45NO10/c1-7-10-11-26(31)35-18-21(6)38-27(32)23(30)14-22-12-13-24(39-28(33)36-16-19(4)8-2)25(15-22)40-29(34)37-17-20(5)9-3/h12-13,15,19-21,23H,7-11,14,16-18,30H2,1-6H3/t19?,20?,21-,23-/m0/s1. The maximum atomic E-state index is 12.5. The maximum Gasteiger partial charge on any atom is 0.513 e. The van der Waals surface area contributed by atoms with Crippen LogP contribution in [0.25, 0.3) is 0 Å². The molecule has 1 rings (SSSR count). The molecule has 0 saturated heterocycles. The van der Waals surface area contributed by atoms with E-state index in [-0.39, 0.29) is 55.5 Å². The lowest BCUT2D eigenvalue weighted by Gasteiger charge is -2.18. The predicted octanol–water partition coefficient (Wildman–Crippen LogP) is 5.34. The van der Waals surface area contributed by atoms with Gasteiger partial charge in [0.25, 0.3) is 0 Å². The fourth-order valence-corrected chi connectivity index (χ4v) is 3.00. The first kappa shape index (κ1) is 34.7. The van der Waals surface area contributed by atoms with Crippen LogP contribution in [0.5, 0.6) is 11.5 Å². The van der Waals surface area contributed by atoms with Crippen molar-refractivity contribution in [1.82, 2.24) is 0 Å². The van der Waals surface area contributed by atoms with Gasteiger partial charge in [0.2, 0.25) is 0 Å². The summed E-state index contributed by atoms with van der Waals surface area (Å²) in [6, 6.07) is 3.35. The smallest absolute Gasteiger partial charge is 0.462 e. The molecule has 0 aromatic heterocycles. The van der Waals surface area contributed by atoms with Crippen molar-refractivity contribution >= 4 is 24.2 Å². The summed E-state index contributed by atoms with van der Waals surface area (Å²) in [5.41, 5.74) is 6.55. The van der Waals surface area contributed by atoms with Crippen molar-refractivity contribution in [3.8, 4) is 11.5 Å². The quantitative estimate of drug-likeness (QED) is 0.147. The molecular formula is C29H45NO10. The van der Waals surface area contributed by atoms with E-state index in [0.29, 0.717) is 12.0 Å². The molecule has 0 fully saturated rings. The molecule has 0 spiro atoms. The van der Waals surface area contributed by atoms with Gasteiger partial charge < -0.3 is 34.2 Å². The molecule has 0 radical (unpaired) electrons. The molecule has 4 atom stereocenters. The summed E-state index contributed by atoms with van der Waals surface area (Å²) in [7, 11) is 0. The number of carbonyl (C=O) groups is 4. The third kappa shape index (κ3) is 14.2. The van der Waals surface area contributed by atoms with Gasteiger partial charge in [0.1, 0.15) is 18.8 Å². The number of rotatable bonds is 17. The van der Waals surface area contributed by atoms with Crippen molar-refractivity contribution in [3.05, 3.63) is 23.8 Å². The molecular weight excluding hydrogens is 522 g/mol. The zero-order valence-corrected chi connectivity index (χ0v) is 24.6. The van der Waals surface area contributed by atoms with E-state index < -0.39 is 30.4 Å². The molecule has 0 saturated carbocycles. The number of hydrogen-bond donors (Lipinski definition) is 1. The second-order valence-corrected chi connectivity index (χ2v) is 9.98. The van der Waals surface area contributed by atoms with Crippen molar-refractivity contribution < 1.29 is 47.6 Å². The van der Waals surface area contributed by atoms with Gasteiger partial charge in [-0.15, -0.1) is 0 Å². The van der Waals surface area contributed by atoms with Crippen LogP contribution in [-0.4, -0.2) is 56.2 Å². The van der Waals surface area contributed by atoms with Crippen LogP contribution in [0.15, 0.2) is 18.2 Å². The molecule has 0 aliphatic carbocycles. The van der Waals surface area contributed by atoms with E-state index in [9.17, 15) is 19.2 Å². The van der Waals surface area contributed by atoms with Crippen LogP contribution in [0.3, 0.4) is 0 Å². The zero-order valence-electron chi connectivity index (χ0n) is 24.6. The molecule has 1 aromatic rings. The molecule has 0 aliphatic rings. The summed E-state index contributed by atoms with van der Waals surface area (Å²) in [6.45, 7) is 11.6. The fourth-order valence-electron chi connectivity index (χ4n) is 3.00. The first-order valence-electron chi connectivity index (χ1n) is 13.9. The van der Waals surface area contributed by atoms with Gasteiger partial charge in [0, 0.05) is 6.42 Å². The third-order valence-corrected chi connectivity index (χ3v) is 6.05. The van der Waals surface area contributed by atoms with Crippen molar-refractivity contribution in [2.24, 2.45) is 17.6 Å². The Balaban J connectivity index is 2.88. The SMILES string of the molecule is CCCCC(=O)OC[C@H](C)OC(=O)[C@@H](N)Cc1ccc(OC(=O)OCC(C)CC)c(OC(=O)OCC(C)CC)c1. The number of ether oxygens (including phenoxy) is 6. The Kier molecular flexibility index (Phi) is 16.4. The third-order valence-electron chi connectivity index (χ3n) is 6.05. The summed E-state index contributed by atoms with van der Waals surface area (Å²) in [6.07, 6.45) is 0.965. The van der Waals surface area contributed by atoms with Crippen LogP contribution in [0, 0.1) is 11.8 Å². The van der Waals surface area contributed by atoms with Crippen LogP contribution in [-0.2, 0) is 35.0 Å². The zero-order chi connectivity index (χ0) is 30.1. The Morgan fingerprint density at radius 3 is 1.93 bits per heavy atom. The maximum absolute atomic E-state index is 12.5. The highest BCUT2D eigenvalue weighted by molar-refractivity contribution is 5.76. The predicted molar refractivity (Wildman–Crippen MR) is 147 cm³/mol. The van der Waals surface area contributed by atoms with Crippen molar-refractivity contribution in [2.45, 2.75) is 92.2 Å². The molecule has 2 unspecified atom stereocenters. The molecule has 40 heavy (non-hydrogen) atoms. The summed E-state index contributed by atoms with van der Waals surface area (Å²) in [4.78, 5) is 48.7. The molecule has 0 aliphatic heterocycles. The Labute approximate surface area is 236 Å². The van der Waals surface area contributed by atoms with E-state index in [0.717, 1.165) is 25.7 Å². The van der Waals surface area contributed by atoms with Crippen molar-refractivity contribution in [2.75, 3.05) is 19.8 Å². The van der Waals surface area contributed by atoms with Gasteiger partial charge >= 0.3 is 24.2 Å². The van der Waals surface area contributed by atoms with Gasteiger partial charge in [-0.2, -0.15) is 0 Å². The number of hydrogen-bond acceptors (Lipinski definition) is 11. The van der Waals surface area contributed by atoms with E-state index in [1.165, 1.54) is 12.1 Å². The minimum atomic E-state index is -1.06. The monoisotopic (exact) mass is 567 g/mol. The summed E-state index contributed by atoms with van der Waals surface area (Å²) < 4.78 is 31.3. The van der Waals surface area contributed by atoms with E-state index >= 15 is 0 Å². The molecule has 1 aromatic carbocycles. The molecule has 0 bridgehead atoms. The highest BCUT2D eigenvalue weighted by Crippen LogP contribution is 2.30. The summed E-state index contributed by atoms with van der Waals surface area (Å²) in [5, 5.41) is 0. The fraction of sp³-hybridized carbons (Fsp3) is 0.655. The van der Waals surface area contributed by atoms with Gasteiger partial charge in [-0.1, -0.05) is 59.9 Å². The second kappa shape index (κ2) is 18.9. The largest absolute Gasteiger partial charge is 0.513 e. The minimum Gasteiger partial charge on any atom is -0.462 e. The Hall–Kier alpha value is -3.34. The summed E-state index contributed by atoms with van der Waals surface area (Å²) in [5.74, 6) is -0.917. The average molecular weight is 568 g/mol. The topological polar surface area (TPSA) is 150 Å². The number of nitrogens with two attached hydrogens (primary N) is 1. The van der Waals surface area contributed by atoms with Gasteiger partial charge in [0.05, 0.1) is 13.2 Å². The molecule has 226 valence electrons. The van der Waals surface area contributed by atoms with E-state index in [1.807, 2.05) is 34.6 Å². The van der Waals surface area contributed by atoms with E-state index in [1.54, 1.807) is 13.0 Å². The van der Waals surface area contributed by atoms with E-state index in [2.05, 4.69) is 0 Å². The van der Waals surface area contributed by atoms with E-state index in [4.69, 9.17) is 34.2 Å². The number of benzene rings is 1. The highest BCUT2D eigenvalue weighted by atomic mass is 16.7. The van der Waals surface area contributed by atoms with Crippen molar-refractivity contribution in [3.63, 3.8) is 0 Å². The number of unbranched alkanes of at least 4 members (excludes halogenated alkanes) is 1. The lowest BCUT2D eigenvalue weighted by molar-refractivity contribution is -0.159. The first-order valence-corrected chi connectivity index (χ1v) is 13.9. The second-order valence-electron chi connectivity index (χ2n) is 9.98. The Morgan fingerprint density at radius 2 is 1.38 bits per heavy atom. The van der Waals surface area contributed by atoms with Crippen LogP contribution < -0.4 is 15.2 Å². The Morgan fingerprint density at radius 1 is 0.800 bits per heavy atom. The summed E-state index contributed by atoms with van der Waals surface area (Å²) >= 11 is 0. The molecule has 2 N–H and O–H groups in total. The normalized spacial score (nSPS) is 13.8. The first-order chi connectivity index (χ1) is 19.0. The molecule has 11 heteroatoms. The van der Waals surface area contributed by atoms with Gasteiger partial charge in [0.15, 0.2) is 11.5 Å². The van der Waals surface area contributed by atoms with Crippen LogP contribution >= 0.6 is 0 Å². The van der Waals surface area contributed by atoms with Crippen molar-refractivity contribution in [1.29, 1.82) is 0 Å². The molecule has 11 nitrogen and oxygen atoms in total. The Bertz CT molecular complexity index is 951. The van der Waals surface area contributed by atoms with Gasteiger partial charge in [-0.25, -0.2) is 9.59 Å². The molecule has 0 heterocycles. The van der Waals surface area contributed by atoms with Crippen LogP contribution in [0.2, 0.25) is 0 Å². The number of esters is 2. The minimum absolute atomic E-state index is 0.0266. The van der Waals surface area contributed by atoms with Crippen LogP contribution in [0.1, 0.15) is 79.2 Å². The average Bonchev–Trinajstić information content (AvgIpc) is 2.93. The molecule has 0 amide bonds. The lowest BCUT2D eigenvalue weighted by Crippen LogP contribution is -2.37. The lowest BCUT2D eigenvalue weighted by atomic mass is 10.1. The van der Waals surface area contributed by atoms with Crippen LogP contribution in [0.4, 0.5) is 9.59 Å². The number of carbonyl (C=O) groups excluding carboxylic acids is 4. The highest BCUT2D eigenvalue weighted by Gasteiger charge is 2.22. The van der Waals surface area contributed by atoms with Gasteiger partial charge in [-0.05, 0) is 49.3 Å².